The van der Waals surface area contributed by atoms with Crippen LogP contribution < -0.4 is 10.2 Å². The first kappa shape index (κ1) is 14.7. The van der Waals surface area contributed by atoms with Crippen LogP contribution >= 0.6 is 0 Å². The fourth-order valence-electron chi connectivity index (χ4n) is 2.12. The maximum absolute atomic E-state index is 11.6. The predicted octanol–water partition coefficient (Wildman–Crippen LogP) is 2.02. The molecule has 1 aromatic heterocycles. The minimum atomic E-state index is -0.329. The van der Waals surface area contributed by atoms with Crippen LogP contribution in [0.5, 0.6) is 0 Å². The van der Waals surface area contributed by atoms with Crippen LogP contribution in [-0.2, 0) is 4.74 Å². The standard InChI is InChI=1S/C17H14N2O4/c20-16(15-4-2-11-22-15)18-9-1-3-13-5-7-14(8-6-13)19-10-12-23-17(19)21/h2,4-8,11H,9-10,12H2,(H,18,20). The lowest BCUT2D eigenvalue weighted by atomic mass is 10.2. The third-order valence-corrected chi connectivity index (χ3v) is 3.25. The minimum Gasteiger partial charge on any atom is -0.459 e. The molecule has 6 heteroatoms. The molecule has 0 saturated carbocycles. The summed E-state index contributed by atoms with van der Waals surface area (Å²) in [5, 5.41) is 2.64. The number of nitrogens with one attached hydrogen (secondary N) is 1. The van der Waals surface area contributed by atoms with Crippen LogP contribution in [0, 0.1) is 11.8 Å². The van der Waals surface area contributed by atoms with Crippen LogP contribution in [0.1, 0.15) is 16.1 Å². The fraction of sp³-hybridized carbons (Fsp3) is 0.176. The van der Waals surface area contributed by atoms with Crippen molar-refractivity contribution in [2.45, 2.75) is 0 Å². The van der Waals surface area contributed by atoms with Gasteiger partial charge >= 0.3 is 6.09 Å². The van der Waals surface area contributed by atoms with Gasteiger partial charge in [0.15, 0.2) is 5.76 Å². The number of benzene rings is 1. The highest BCUT2D eigenvalue weighted by molar-refractivity contribution is 5.91. The number of furan rings is 1. The summed E-state index contributed by atoms with van der Waals surface area (Å²) in [6.07, 6.45) is 1.11. The van der Waals surface area contributed by atoms with E-state index in [1.807, 2.05) is 24.3 Å². The third-order valence-electron chi connectivity index (χ3n) is 3.25. The lowest BCUT2D eigenvalue weighted by molar-refractivity contribution is 0.0931. The van der Waals surface area contributed by atoms with Crippen LogP contribution in [0.4, 0.5) is 10.5 Å². The van der Waals surface area contributed by atoms with E-state index in [1.54, 1.807) is 17.0 Å². The van der Waals surface area contributed by atoms with Crippen molar-refractivity contribution >= 4 is 17.7 Å². The predicted molar refractivity (Wildman–Crippen MR) is 83.1 cm³/mol. The van der Waals surface area contributed by atoms with Crippen molar-refractivity contribution in [3.05, 3.63) is 54.0 Å². The lowest BCUT2D eigenvalue weighted by Crippen LogP contribution is -2.23. The normalized spacial score (nSPS) is 13.2. The first-order valence-electron chi connectivity index (χ1n) is 7.09. The second-order valence-electron chi connectivity index (χ2n) is 4.77. The SMILES string of the molecule is O=C(NCC#Cc1ccc(N2CCOC2=O)cc1)c1ccco1. The molecule has 1 saturated heterocycles. The Kier molecular flexibility index (Phi) is 4.29. The molecule has 23 heavy (non-hydrogen) atoms. The van der Waals surface area contributed by atoms with E-state index >= 15 is 0 Å². The van der Waals surface area contributed by atoms with Gasteiger partial charge in [0.25, 0.3) is 5.91 Å². The number of ether oxygens (including phenoxy) is 1. The van der Waals surface area contributed by atoms with Gasteiger partial charge in [0.1, 0.15) is 6.61 Å². The van der Waals surface area contributed by atoms with Gasteiger partial charge in [-0.1, -0.05) is 11.8 Å². The highest BCUT2D eigenvalue weighted by Gasteiger charge is 2.23. The number of nitrogens with zero attached hydrogens (tertiary/aromatic N) is 1. The summed E-state index contributed by atoms with van der Waals surface area (Å²) in [6, 6.07) is 10.5. The van der Waals surface area contributed by atoms with Crippen molar-refractivity contribution in [1.82, 2.24) is 5.32 Å². The Bertz CT molecular complexity index is 754. The quantitative estimate of drug-likeness (QED) is 0.880. The molecular weight excluding hydrogens is 296 g/mol. The molecular formula is C17H14N2O4. The van der Waals surface area contributed by atoms with Gasteiger partial charge in [0, 0.05) is 11.3 Å². The van der Waals surface area contributed by atoms with E-state index in [0.717, 1.165) is 11.3 Å². The first-order chi connectivity index (χ1) is 11.2. The maximum atomic E-state index is 11.6. The molecule has 1 aliphatic rings. The summed E-state index contributed by atoms with van der Waals surface area (Å²) in [6.45, 7) is 1.19. The van der Waals surface area contributed by atoms with Crippen molar-refractivity contribution in [3.8, 4) is 11.8 Å². The molecule has 0 aliphatic carbocycles. The Balaban J connectivity index is 1.54. The maximum Gasteiger partial charge on any atom is 0.414 e. The highest BCUT2D eigenvalue weighted by atomic mass is 16.6. The number of anilines is 1. The Morgan fingerprint density at radius 3 is 2.74 bits per heavy atom. The number of amides is 2. The number of carbonyl (C=O) groups excluding carboxylic acids is 2. The van der Waals surface area contributed by atoms with Gasteiger partial charge in [0.05, 0.1) is 19.4 Å². The number of hydrogen-bond donors (Lipinski definition) is 1. The molecule has 1 fully saturated rings. The topological polar surface area (TPSA) is 71.8 Å². The summed E-state index contributed by atoms with van der Waals surface area (Å²) >= 11 is 0. The fourth-order valence-corrected chi connectivity index (χ4v) is 2.12. The molecule has 2 heterocycles. The van der Waals surface area contributed by atoms with Crippen molar-refractivity contribution in [2.24, 2.45) is 0 Å². The van der Waals surface area contributed by atoms with Crippen molar-refractivity contribution in [1.29, 1.82) is 0 Å². The van der Waals surface area contributed by atoms with Gasteiger partial charge in [-0.25, -0.2) is 4.79 Å². The molecule has 1 N–H and O–H groups in total. The second-order valence-corrected chi connectivity index (χ2v) is 4.77. The minimum absolute atomic E-state index is 0.222. The number of cyclic esters (lactones) is 1. The molecule has 0 spiro atoms. The Hall–Kier alpha value is -3.20. The third kappa shape index (κ3) is 3.52. The Morgan fingerprint density at radius 2 is 2.09 bits per heavy atom. The highest BCUT2D eigenvalue weighted by Crippen LogP contribution is 2.18. The molecule has 3 rings (SSSR count). The van der Waals surface area contributed by atoms with Crippen LogP contribution in [-0.4, -0.2) is 31.7 Å². The molecule has 0 unspecified atom stereocenters. The zero-order valence-corrected chi connectivity index (χ0v) is 12.2. The van der Waals surface area contributed by atoms with E-state index < -0.39 is 0 Å². The van der Waals surface area contributed by atoms with Crippen LogP contribution in [0.3, 0.4) is 0 Å². The Morgan fingerprint density at radius 1 is 1.26 bits per heavy atom. The number of rotatable bonds is 3. The molecule has 6 nitrogen and oxygen atoms in total. The van der Waals surface area contributed by atoms with Crippen molar-refractivity contribution in [3.63, 3.8) is 0 Å². The first-order valence-corrected chi connectivity index (χ1v) is 7.09. The van der Waals surface area contributed by atoms with Gasteiger partial charge in [-0.05, 0) is 36.4 Å². The Labute approximate surface area is 133 Å². The summed E-state index contributed by atoms with van der Waals surface area (Å²) < 4.78 is 9.87. The number of hydrogen-bond acceptors (Lipinski definition) is 4. The van der Waals surface area contributed by atoms with Gasteiger partial charge in [0.2, 0.25) is 0 Å². The van der Waals surface area contributed by atoms with E-state index in [1.165, 1.54) is 6.26 Å². The summed E-state index contributed by atoms with van der Waals surface area (Å²) in [4.78, 5) is 24.6. The van der Waals surface area contributed by atoms with Gasteiger partial charge in [-0.2, -0.15) is 0 Å². The van der Waals surface area contributed by atoms with Crippen LogP contribution in [0.25, 0.3) is 0 Å². The molecule has 0 radical (unpaired) electrons. The van der Waals surface area contributed by atoms with Gasteiger partial charge in [-0.15, -0.1) is 0 Å². The average Bonchev–Trinajstić information content (AvgIpc) is 3.23. The van der Waals surface area contributed by atoms with Gasteiger partial charge in [-0.3, -0.25) is 9.69 Å². The largest absolute Gasteiger partial charge is 0.459 e. The van der Waals surface area contributed by atoms with E-state index in [2.05, 4.69) is 17.2 Å². The molecule has 116 valence electrons. The summed E-state index contributed by atoms with van der Waals surface area (Å²) in [7, 11) is 0. The zero-order chi connectivity index (χ0) is 16.1. The average molecular weight is 310 g/mol. The second kappa shape index (κ2) is 6.71. The summed E-state index contributed by atoms with van der Waals surface area (Å²) in [5.74, 6) is 5.77. The molecule has 1 aliphatic heterocycles. The molecule has 0 atom stereocenters. The van der Waals surface area contributed by atoms with E-state index in [-0.39, 0.29) is 24.3 Å². The van der Waals surface area contributed by atoms with Gasteiger partial charge < -0.3 is 14.5 Å². The molecule has 0 bridgehead atoms. The summed E-state index contributed by atoms with van der Waals surface area (Å²) in [5.41, 5.74) is 1.58. The zero-order valence-electron chi connectivity index (χ0n) is 12.2. The monoisotopic (exact) mass is 310 g/mol. The van der Waals surface area contributed by atoms with E-state index in [0.29, 0.717) is 13.2 Å². The van der Waals surface area contributed by atoms with Crippen LogP contribution in [0.2, 0.25) is 0 Å². The van der Waals surface area contributed by atoms with Crippen molar-refractivity contribution < 1.29 is 18.7 Å². The molecule has 1 aromatic carbocycles. The smallest absolute Gasteiger partial charge is 0.414 e. The van der Waals surface area contributed by atoms with Crippen LogP contribution in [0.15, 0.2) is 47.1 Å². The molecule has 2 amide bonds. The van der Waals surface area contributed by atoms with Crippen molar-refractivity contribution in [2.75, 3.05) is 24.6 Å². The van der Waals surface area contributed by atoms with E-state index in [9.17, 15) is 9.59 Å². The van der Waals surface area contributed by atoms with E-state index in [4.69, 9.17) is 9.15 Å². The molecule has 2 aromatic rings. The lowest BCUT2D eigenvalue weighted by Gasteiger charge is -2.11. The number of carbonyl (C=O) groups is 2.